The fraction of sp³-hybridized carbons (Fsp3) is 0.462. The van der Waals surface area contributed by atoms with E-state index >= 15 is 0 Å². The Morgan fingerprint density at radius 2 is 1.82 bits per heavy atom. The summed E-state index contributed by atoms with van der Waals surface area (Å²) in [5.74, 6) is -0.452. The van der Waals surface area contributed by atoms with Gasteiger partial charge in [-0.3, -0.25) is 9.36 Å². The number of amides is 1. The summed E-state index contributed by atoms with van der Waals surface area (Å²) in [7, 11) is 0. The number of carbonyl (C=O) groups is 1. The predicted molar refractivity (Wildman–Crippen MR) is 143 cm³/mol. The van der Waals surface area contributed by atoms with E-state index in [-0.39, 0.29) is 40.5 Å². The van der Waals surface area contributed by atoms with Gasteiger partial charge in [0.25, 0.3) is 0 Å². The fourth-order valence-electron chi connectivity index (χ4n) is 5.82. The molecule has 0 spiro atoms. The molecule has 2 fully saturated rings. The maximum atomic E-state index is 14.7. The van der Waals surface area contributed by atoms with Crippen LogP contribution >= 0.6 is 11.6 Å². The van der Waals surface area contributed by atoms with E-state index in [1.807, 2.05) is 4.57 Å². The van der Waals surface area contributed by atoms with Crippen molar-refractivity contribution in [2.45, 2.75) is 69.4 Å². The van der Waals surface area contributed by atoms with Crippen molar-refractivity contribution >= 4 is 46.3 Å². The quantitative estimate of drug-likeness (QED) is 0.270. The first-order valence-corrected chi connectivity index (χ1v) is 13.7. The molecule has 0 aliphatic heterocycles. The Morgan fingerprint density at radius 1 is 1.05 bits per heavy atom. The summed E-state index contributed by atoms with van der Waals surface area (Å²) in [5, 5.41) is 9.99. The van der Waals surface area contributed by atoms with Crippen molar-refractivity contribution in [1.29, 1.82) is 0 Å². The minimum Gasteiger partial charge on any atom is -0.369 e. The number of carbonyl (C=O) groups excluding carboxylic acids is 1. The van der Waals surface area contributed by atoms with Gasteiger partial charge in [-0.25, -0.2) is 18.7 Å². The molecule has 6 rings (SSSR count). The Balaban J connectivity index is 1.28. The molecule has 40 heavy (non-hydrogen) atoms. The van der Waals surface area contributed by atoms with E-state index < -0.39 is 11.6 Å². The largest absolute Gasteiger partial charge is 0.369 e. The number of hydrogen-bond donors (Lipinski definition) is 3. The first kappa shape index (κ1) is 26.4. The number of imidazole rings is 1. The lowest BCUT2D eigenvalue weighted by molar-refractivity contribution is -0.122. The molecular formula is C26H28ClF2N9O2. The molecule has 4 aromatic rings. The summed E-state index contributed by atoms with van der Waals surface area (Å²) < 4.78 is 35.5. The molecule has 3 aromatic heterocycles. The van der Waals surface area contributed by atoms with Gasteiger partial charge in [-0.05, 0) is 57.4 Å². The number of nitrogens with zero attached hydrogens (tertiary/aromatic N) is 6. The number of primary amides is 1. The Labute approximate surface area is 232 Å². The third-order valence-corrected chi connectivity index (χ3v) is 8.23. The number of halogens is 3. The number of rotatable bonds is 7. The minimum atomic E-state index is -0.842. The molecule has 14 heteroatoms. The van der Waals surface area contributed by atoms with Gasteiger partial charge >= 0.3 is 0 Å². The third kappa shape index (κ3) is 5.29. The highest BCUT2D eigenvalue weighted by Crippen LogP contribution is 2.39. The third-order valence-electron chi connectivity index (χ3n) is 7.93. The summed E-state index contributed by atoms with van der Waals surface area (Å²) in [5.41, 5.74) is 6.52. The zero-order chi connectivity index (χ0) is 27.8. The highest BCUT2D eigenvalue weighted by atomic mass is 35.5. The van der Waals surface area contributed by atoms with Crippen LogP contribution in [0.5, 0.6) is 0 Å². The second-order valence-electron chi connectivity index (χ2n) is 10.5. The lowest BCUT2D eigenvalue weighted by Gasteiger charge is -2.29. The maximum Gasteiger partial charge on any atom is 0.229 e. The van der Waals surface area contributed by atoms with E-state index in [0.29, 0.717) is 54.6 Å². The van der Waals surface area contributed by atoms with Gasteiger partial charge in [-0.2, -0.15) is 9.97 Å². The number of anilines is 3. The van der Waals surface area contributed by atoms with Crippen molar-refractivity contribution in [2.24, 2.45) is 11.7 Å². The molecule has 1 amide bonds. The molecule has 0 unspecified atom stereocenters. The summed E-state index contributed by atoms with van der Waals surface area (Å²) in [6.07, 6.45) is 9.17. The van der Waals surface area contributed by atoms with Crippen molar-refractivity contribution in [3.8, 4) is 0 Å². The average molecular weight is 572 g/mol. The summed E-state index contributed by atoms with van der Waals surface area (Å²) in [6.45, 7) is 0. The van der Waals surface area contributed by atoms with Crippen LogP contribution in [0.2, 0.25) is 5.02 Å². The molecule has 0 saturated heterocycles. The zero-order valence-electron chi connectivity index (χ0n) is 21.5. The monoisotopic (exact) mass is 571 g/mol. The van der Waals surface area contributed by atoms with E-state index in [4.69, 9.17) is 26.8 Å². The minimum absolute atomic E-state index is 0.0852. The van der Waals surface area contributed by atoms with Crippen LogP contribution in [0.15, 0.2) is 29.2 Å². The van der Waals surface area contributed by atoms with Crippen LogP contribution < -0.4 is 16.4 Å². The van der Waals surface area contributed by atoms with Crippen molar-refractivity contribution < 1.29 is 18.1 Å². The summed E-state index contributed by atoms with van der Waals surface area (Å²) >= 11 is 6.17. The SMILES string of the molecule is NC(=O)[C@H]1CC[C@@H](n2c(Nc3c(F)cc(F)cc3Cl)nc3cnc(NC4CCC(c5ncno5)CC4)nc32)CC1. The van der Waals surface area contributed by atoms with Crippen LogP contribution in [-0.2, 0) is 4.79 Å². The number of hydrogen-bond acceptors (Lipinski definition) is 9. The van der Waals surface area contributed by atoms with Gasteiger partial charge < -0.3 is 20.9 Å². The van der Waals surface area contributed by atoms with E-state index in [2.05, 4.69) is 30.7 Å². The molecule has 0 radical (unpaired) electrons. The number of fused-ring (bicyclic) bond motifs is 1. The Hall–Kier alpha value is -3.87. The van der Waals surface area contributed by atoms with Crippen LogP contribution in [0.3, 0.4) is 0 Å². The molecule has 210 valence electrons. The van der Waals surface area contributed by atoms with Gasteiger partial charge in [0.05, 0.1) is 16.9 Å². The molecule has 2 aliphatic carbocycles. The average Bonchev–Trinajstić information content (AvgIpc) is 3.59. The fourth-order valence-corrected chi connectivity index (χ4v) is 6.06. The highest BCUT2D eigenvalue weighted by molar-refractivity contribution is 6.33. The van der Waals surface area contributed by atoms with E-state index in [1.54, 1.807) is 6.20 Å². The van der Waals surface area contributed by atoms with Crippen LogP contribution in [0.4, 0.5) is 26.4 Å². The van der Waals surface area contributed by atoms with Gasteiger partial charge in [-0.1, -0.05) is 16.8 Å². The van der Waals surface area contributed by atoms with Crippen molar-refractivity contribution in [2.75, 3.05) is 10.6 Å². The molecule has 2 saturated carbocycles. The zero-order valence-corrected chi connectivity index (χ0v) is 22.2. The Bertz CT molecular complexity index is 1490. The number of nitrogens with one attached hydrogen (secondary N) is 2. The van der Waals surface area contributed by atoms with Gasteiger partial charge in [-0.15, -0.1) is 0 Å². The van der Waals surface area contributed by atoms with Crippen LogP contribution in [-0.4, -0.2) is 41.6 Å². The molecule has 2 aliphatic rings. The van der Waals surface area contributed by atoms with Crippen LogP contribution in [0, 0.1) is 17.6 Å². The lowest BCUT2D eigenvalue weighted by Crippen LogP contribution is -2.29. The van der Waals surface area contributed by atoms with Crippen LogP contribution in [0.25, 0.3) is 11.2 Å². The molecule has 3 heterocycles. The smallest absolute Gasteiger partial charge is 0.229 e. The van der Waals surface area contributed by atoms with Crippen molar-refractivity contribution in [3.63, 3.8) is 0 Å². The lowest BCUT2D eigenvalue weighted by atomic mass is 9.85. The standard InChI is InChI=1S/C26H28ClF2N9O2/c27-18-9-15(28)10-19(29)21(18)36-26-35-20-11-31-25(34-16-5-1-14(2-6-16)24-32-12-33-40-24)37-23(20)38(26)17-7-3-13(4-8-17)22(30)39/h9-14,16-17H,1-8H2,(H2,30,39)(H,35,36)(H,31,34,37)/t13-,14?,16?,17+. The normalized spacial score (nSPS) is 23.3. The predicted octanol–water partition coefficient (Wildman–Crippen LogP) is 5.24. The van der Waals surface area contributed by atoms with E-state index in [0.717, 1.165) is 37.8 Å². The summed E-state index contributed by atoms with van der Waals surface area (Å²) in [6, 6.07) is 1.88. The molecular weight excluding hydrogens is 544 g/mol. The molecule has 1 aromatic carbocycles. The number of benzene rings is 1. The first-order valence-electron chi connectivity index (χ1n) is 13.3. The van der Waals surface area contributed by atoms with Crippen molar-refractivity contribution in [3.05, 3.63) is 47.2 Å². The number of aromatic nitrogens is 6. The second-order valence-corrected chi connectivity index (χ2v) is 10.9. The van der Waals surface area contributed by atoms with Gasteiger partial charge in [0, 0.05) is 30.0 Å². The Kier molecular flexibility index (Phi) is 7.22. The maximum absolute atomic E-state index is 14.7. The van der Waals surface area contributed by atoms with E-state index in [9.17, 15) is 13.6 Å². The van der Waals surface area contributed by atoms with Crippen molar-refractivity contribution in [1.82, 2.24) is 29.7 Å². The summed E-state index contributed by atoms with van der Waals surface area (Å²) in [4.78, 5) is 29.9. The first-order chi connectivity index (χ1) is 19.4. The van der Waals surface area contributed by atoms with Crippen LogP contribution in [0.1, 0.15) is 69.2 Å². The Morgan fingerprint density at radius 3 is 2.50 bits per heavy atom. The van der Waals surface area contributed by atoms with Gasteiger partial charge in [0.1, 0.15) is 11.3 Å². The van der Waals surface area contributed by atoms with Gasteiger partial charge in [0.2, 0.25) is 23.7 Å². The molecule has 11 nitrogen and oxygen atoms in total. The highest BCUT2D eigenvalue weighted by Gasteiger charge is 2.30. The molecule has 0 bridgehead atoms. The number of nitrogens with two attached hydrogens (primary N) is 1. The second kappa shape index (κ2) is 11.0. The topological polar surface area (TPSA) is 150 Å². The molecule has 0 atom stereocenters. The van der Waals surface area contributed by atoms with E-state index in [1.165, 1.54) is 6.33 Å². The molecule has 4 N–H and O–H groups in total. The van der Waals surface area contributed by atoms with Gasteiger partial charge in [0.15, 0.2) is 17.8 Å².